The molecule has 4 heteroatoms. The van der Waals surface area contributed by atoms with Crippen LogP contribution in [0.4, 0.5) is 0 Å². The van der Waals surface area contributed by atoms with Crippen LogP contribution >= 0.6 is 23.5 Å². The molecule has 2 fully saturated rings. The Labute approximate surface area is 260 Å². The Balaban J connectivity index is 1.47. The molecule has 2 nitrogen and oxygen atoms in total. The molecule has 0 aromatic heterocycles. The third kappa shape index (κ3) is 4.11. The van der Waals surface area contributed by atoms with Gasteiger partial charge >= 0.3 is 0 Å². The van der Waals surface area contributed by atoms with E-state index in [1.165, 1.54) is 66.4 Å². The van der Waals surface area contributed by atoms with Crippen molar-refractivity contribution in [2.75, 3.05) is 24.7 Å². The van der Waals surface area contributed by atoms with Crippen LogP contribution < -0.4 is 9.47 Å². The molecule has 43 heavy (non-hydrogen) atoms. The van der Waals surface area contributed by atoms with E-state index in [-0.39, 0.29) is 0 Å². The summed E-state index contributed by atoms with van der Waals surface area (Å²) in [6.07, 6.45) is 0. The molecule has 3 aliphatic rings. The number of fused-ring (bicyclic) bond motifs is 5. The summed E-state index contributed by atoms with van der Waals surface area (Å²) in [6, 6.07) is 44.4. The van der Waals surface area contributed by atoms with Crippen LogP contribution in [0.2, 0.25) is 0 Å². The first kappa shape index (κ1) is 25.6. The minimum atomic E-state index is -0.660. The molecule has 0 bridgehead atoms. The lowest BCUT2D eigenvalue weighted by Gasteiger charge is -2.38. The van der Waals surface area contributed by atoms with E-state index in [0.29, 0.717) is 23.7 Å². The van der Waals surface area contributed by atoms with Gasteiger partial charge in [0.2, 0.25) is 0 Å². The van der Waals surface area contributed by atoms with Gasteiger partial charge in [0.1, 0.15) is 24.7 Å². The highest BCUT2D eigenvalue weighted by atomic mass is 32.2. The molecular formula is C39H30O2S2. The molecule has 2 heterocycles. The van der Waals surface area contributed by atoms with Crippen molar-refractivity contribution in [3.63, 3.8) is 0 Å². The normalized spacial score (nSPS) is 19.2. The van der Waals surface area contributed by atoms with Gasteiger partial charge in [0.05, 0.1) is 5.41 Å². The predicted octanol–water partition coefficient (Wildman–Crippen LogP) is 9.34. The number of hydrogen-bond acceptors (Lipinski definition) is 4. The van der Waals surface area contributed by atoms with Gasteiger partial charge in [-0.25, -0.2) is 0 Å². The minimum Gasteiger partial charge on any atom is -0.492 e. The summed E-state index contributed by atoms with van der Waals surface area (Å²) in [5.74, 6) is 4.24. The first-order chi connectivity index (χ1) is 21.3. The number of ether oxygens (including phenoxy) is 2. The standard InChI is InChI=1S/C39H30O2S2/c1-3-11-29-25(9-1)17-19-35(40-21-27-23-42-27)37(29)39(33-15-7-5-13-31(33)32-14-6-8-16-34(32)39)38-30-12-4-2-10-26(30)18-20-36(38)41-22-28-24-43-28/h1-20,27-28H,21-24H2. The zero-order valence-electron chi connectivity index (χ0n) is 23.7. The van der Waals surface area contributed by atoms with E-state index in [1.54, 1.807) is 0 Å². The predicted molar refractivity (Wildman–Crippen MR) is 182 cm³/mol. The van der Waals surface area contributed by atoms with Gasteiger partial charge in [0, 0.05) is 33.1 Å². The molecule has 0 N–H and O–H groups in total. The lowest BCUT2D eigenvalue weighted by atomic mass is 9.64. The molecular weight excluding hydrogens is 565 g/mol. The molecule has 9 rings (SSSR count). The van der Waals surface area contributed by atoms with Crippen LogP contribution in [0.5, 0.6) is 11.5 Å². The van der Waals surface area contributed by atoms with Gasteiger partial charge in [-0.2, -0.15) is 23.5 Å². The highest BCUT2D eigenvalue weighted by Crippen LogP contribution is 2.62. The second-order valence-electron chi connectivity index (χ2n) is 11.7. The fourth-order valence-electron chi connectivity index (χ4n) is 7.11. The van der Waals surface area contributed by atoms with Gasteiger partial charge in [-0.15, -0.1) is 0 Å². The third-order valence-corrected chi connectivity index (χ3v) is 11.0. The lowest BCUT2D eigenvalue weighted by molar-refractivity contribution is 0.318. The quantitative estimate of drug-likeness (QED) is 0.163. The molecule has 2 aliphatic heterocycles. The van der Waals surface area contributed by atoms with E-state index < -0.39 is 5.41 Å². The van der Waals surface area contributed by atoms with Crippen LogP contribution in [0.15, 0.2) is 121 Å². The molecule has 2 unspecified atom stereocenters. The van der Waals surface area contributed by atoms with Crippen molar-refractivity contribution >= 4 is 45.1 Å². The Hall–Kier alpha value is -3.86. The maximum Gasteiger partial charge on any atom is 0.124 e. The number of thioether (sulfide) groups is 2. The zero-order chi connectivity index (χ0) is 28.4. The van der Waals surface area contributed by atoms with Gasteiger partial charge < -0.3 is 9.47 Å². The average Bonchev–Trinajstić information content (AvgIpc) is 4.01. The van der Waals surface area contributed by atoms with Crippen LogP contribution in [0.3, 0.4) is 0 Å². The smallest absolute Gasteiger partial charge is 0.124 e. The van der Waals surface area contributed by atoms with Crippen LogP contribution in [0.1, 0.15) is 22.3 Å². The van der Waals surface area contributed by atoms with Gasteiger partial charge in [-0.1, -0.05) is 109 Å². The van der Waals surface area contributed by atoms with Crippen LogP contribution in [-0.2, 0) is 5.41 Å². The highest BCUT2D eigenvalue weighted by Gasteiger charge is 2.51. The summed E-state index contributed by atoms with van der Waals surface area (Å²) in [7, 11) is 0. The fourth-order valence-corrected chi connectivity index (χ4v) is 7.90. The molecule has 6 aromatic rings. The Bertz CT molecular complexity index is 1880. The highest BCUT2D eigenvalue weighted by molar-refractivity contribution is 8.07. The summed E-state index contributed by atoms with van der Waals surface area (Å²) < 4.78 is 13.7. The van der Waals surface area contributed by atoms with Crippen LogP contribution in [0.25, 0.3) is 32.7 Å². The Morgan fingerprint density at radius 3 is 1.40 bits per heavy atom. The number of hydrogen-bond donors (Lipinski definition) is 0. The maximum absolute atomic E-state index is 6.85. The van der Waals surface area contributed by atoms with Crippen molar-refractivity contribution in [2.45, 2.75) is 15.9 Å². The molecule has 0 radical (unpaired) electrons. The van der Waals surface area contributed by atoms with Crippen molar-refractivity contribution < 1.29 is 9.47 Å². The molecule has 1 aliphatic carbocycles. The summed E-state index contributed by atoms with van der Waals surface area (Å²) in [6.45, 7) is 1.43. The first-order valence-electron chi connectivity index (χ1n) is 15.0. The van der Waals surface area contributed by atoms with E-state index in [2.05, 4.69) is 121 Å². The van der Waals surface area contributed by atoms with E-state index >= 15 is 0 Å². The molecule has 6 aromatic carbocycles. The Kier molecular flexibility index (Phi) is 6.02. The number of rotatable bonds is 8. The summed E-state index contributed by atoms with van der Waals surface area (Å²) >= 11 is 3.95. The van der Waals surface area contributed by atoms with Gasteiger partial charge in [0.25, 0.3) is 0 Å². The molecule has 0 amide bonds. The minimum absolute atomic E-state index is 0.561. The molecule has 2 saturated heterocycles. The summed E-state index contributed by atoms with van der Waals surface area (Å²) in [5.41, 5.74) is 6.84. The van der Waals surface area contributed by atoms with E-state index in [4.69, 9.17) is 9.47 Å². The van der Waals surface area contributed by atoms with E-state index in [0.717, 1.165) is 11.5 Å². The van der Waals surface area contributed by atoms with E-state index in [1.807, 2.05) is 23.5 Å². The van der Waals surface area contributed by atoms with Gasteiger partial charge in [0.15, 0.2) is 0 Å². The average molecular weight is 595 g/mol. The Morgan fingerprint density at radius 2 is 0.930 bits per heavy atom. The van der Waals surface area contributed by atoms with E-state index in [9.17, 15) is 0 Å². The Morgan fingerprint density at radius 1 is 0.512 bits per heavy atom. The molecule has 0 spiro atoms. The monoisotopic (exact) mass is 594 g/mol. The summed E-state index contributed by atoms with van der Waals surface area (Å²) in [5, 5.41) is 5.97. The van der Waals surface area contributed by atoms with Crippen molar-refractivity contribution in [3.8, 4) is 22.6 Å². The maximum atomic E-state index is 6.85. The number of benzene rings is 6. The van der Waals surface area contributed by atoms with Crippen LogP contribution in [-0.4, -0.2) is 35.2 Å². The first-order valence-corrected chi connectivity index (χ1v) is 17.1. The fraction of sp³-hybridized carbons (Fsp3) is 0.179. The largest absolute Gasteiger partial charge is 0.492 e. The van der Waals surface area contributed by atoms with Gasteiger partial charge in [-0.05, 0) is 55.9 Å². The van der Waals surface area contributed by atoms with Crippen molar-refractivity contribution in [2.24, 2.45) is 0 Å². The summed E-state index contributed by atoms with van der Waals surface area (Å²) in [4.78, 5) is 0. The van der Waals surface area contributed by atoms with Crippen molar-refractivity contribution in [3.05, 3.63) is 144 Å². The molecule has 2 atom stereocenters. The molecule has 0 saturated carbocycles. The lowest BCUT2D eigenvalue weighted by Crippen LogP contribution is -2.31. The second-order valence-corrected chi connectivity index (χ2v) is 14.4. The molecule has 210 valence electrons. The zero-order valence-corrected chi connectivity index (χ0v) is 25.3. The SMILES string of the molecule is c1ccc2c(c1)-c1ccccc1C2(c1c(OCC2CS2)ccc2ccccc12)c1c(OCC2CS2)ccc2ccccc12. The topological polar surface area (TPSA) is 18.5 Å². The van der Waals surface area contributed by atoms with Crippen molar-refractivity contribution in [1.82, 2.24) is 0 Å². The third-order valence-electron chi connectivity index (χ3n) is 9.14. The van der Waals surface area contributed by atoms with Crippen LogP contribution in [0, 0.1) is 0 Å². The second kappa shape index (κ2) is 10.1. The van der Waals surface area contributed by atoms with Crippen molar-refractivity contribution in [1.29, 1.82) is 0 Å². The van der Waals surface area contributed by atoms with Gasteiger partial charge in [-0.3, -0.25) is 0 Å².